The second kappa shape index (κ2) is 11.9. The van der Waals surface area contributed by atoms with Gasteiger partial charge in [-0.25, -0.2) is 4.79 Å². The number of aliphatic hydroxyl groups excluding tert-OH is 3. The molecule has 1 heterocycles. The van der Waals surface area contributed by atoms with Crippen molar-refractivity contribution in [3.63, 3.8) is 0 Å². The molecule has 9 rings (SSSR count). The van der Waals surface area contributed by atoms with Crippen molar-refractivity contribution in [2.75, 3.05) is 13.7 Å². The molecule has 1 aliphatic heterocycles. The molecule has 0 aromatic rings. The predicted molar refractivity (Wildman–Crippen MR) is 198 cm³/mol. The Bertz CT molecular complexity index is 1660. The van der Waals surface area contributed by atoms with Crippen molar-refractivity contribution in [2.24, 2.45) is 73.4 Å². The summed E-state index contributed by atoms with van der Waals surface area (Å²) in [6.45, 7) is 12.6. The maximum absolute atomic E-state index is 14.0. The summed E-state index contributed by atoms with van der Waals surface area (Å²) in [5, 5.41) is 53.3. The highest BCUT2D eigenvalue weighted by molar-refractivity contribution is 5.79. The molecule has 54 heavy (non-hydrogen) atoms. The summed E-state index contributed by atoms with van der Waals surface area (Å²) in [4.78, 5) is 26.0. The SMILES string of the molecule is COCC1CC2(C)CC=CC3(C2)C2=CC4CCC5CC(OC6OC(C(=O)O)C(O)C(O)C6O)C(C)(C)C6CC7CCCC2(CCC13C(=O)O)C7(C)C4C56C. The zero-order chi connectivity index (χ0) is 38.6. The van der Waals surface area contributed by atoms with E-state index in [1.807, 2.05) is 0 Å². The van der Waals surface area contributed by atoms with Gasteiger partial charge in [0.05, 0.1) is 18.1 Å². The van der Waals surface area contributed by atoms with Gasteiger partial charge in [0.15, 0.2) is 12.4 Å². The van der Waals surface area contributed by atoms with E-state index in [0.717, 1.165) is 70.6 Å². The number of carbonyl (C=O) groups is 2. The van der Waals surface area contributed by atoms with E-state index in [1.54, 1.807) is 7.11 Å². The van der Waals surface area contributed by atoms with Gasteiger partial charge in [-0.1, -0.05) is 64.8 Å². The molecule has 8 aliphatic carbocycles. The fraction of sp³-hybridized carbons (Fsp3) is 0.864. The fourth-order valence-electron chi connectivity index (χ4n) is 17.2. The van der Waals surface area contributed by atoms with Gasteiger partial charge in [0.1, 0.15) is 18.3 Å². The second-order valence-electron chi connectivity index (χ2n) is 21.2. The standard InChI is InChI=1S/C44H64O10/c1-38(2)27-18-25-9-7-13-42-15-16-44(37(50)51)26(21-52-6)20-39(3)12-8-14-43(44,22-39)28(42)17-23-10-11-24(40(27,4)34(23)41(25,42)5)19-29(38)53-36-32(47)30(45)31(46)33(54-36)35(48)49/h8,14,17,23-27,29-34,36,45-47H,7,9-13,15-16,18-22H2,1-6H3,(H,48,49)(H,50,51). The van der Waals surface area contributed by atoms with Crippen molar-refractivity contribution in [1.29, 1.82) is 0 Å². The summed E-state index contributed by atoms with van der Waals surface area (Å²) in [7, 11) is 1.73. The Kier molecular flexibility index (Phi) is 8.30. The van der Waals surface area contributed by atoms with E-state index in [0.29, 0.717) is 36.7 Å². The molecule has 10 nitrogen and oxygen atoms in total. The van der Waals surface area contributed by atoms with E-state index in [4.69, 9.17) is 14.2 Å². The number of carboxylic acids is 2. The van der Waals surface area contributed by atoms with Crippen LogP contribution in [0.25, 0.3) is 0 Å². The quantitative estimate of drug-likeness (QED) is 0.162. The van der Waals surface area contributed by atoms with Gasteiger partial charge in [-0.15, -0.1) is 0 Å². The zero-order valence-electron chi connectivity index (χ0n) is 33.1. The number of ether oxygens (including phenoxy) is 3. The van der Waals surface area contributed by atoms with E-state index in [9.17, 15) is 35.1 Å². The van der Waals surface area contributed by atoms with Crippen molar-refractivity contribution in [1.82, 2.24) is 0 Å². The van der Waals surface area contributed by atoms with Crippen LogP contribution in [-0.2, 0) is 23.8 Å². The first kappa shape index (κ1) is 37.7. The van der Waals surface area contributed by atoms with Crippen LogP contribution < -0.4 is 0 Å². The van der Waals surface area contributed by atoms with Crippen LogP contribution in [-0.4, -0.2) is 88.0 Å². The lowest BCUT2D eigenvalue weighted by Crippen LogP contribution is -2.75. The Labute approximate surface area is 320 Å². The minimum absolute atomic E-state index is 0.000623. The van der Waals surface area contributed by atoms with Crippen molar-refractivity contribution in [3.05, 3.63) is 23.8 Å². The van der Waals surface area contributed by atoms with Crippen molar-refractivity contribution in [3.8, 4) is 0 Å². The Morgan fingerprint density at radius 3 is 2.39 bits per heavy atom. The highest BCUT2D eigenvalue weighted by atomic mass is 16.7. The van der Waals surface area contributed by atoms with Gasteiger partial charge in [0.2, 0.25) is 0 Å². The van der Waals surface area contributed by atoms with Crippen LogP contribution in [0, 0.1) is 73.4 Å². The summed E-state index contributed by atoms with van der Waals surface area (Å²) in [6, 6.07) is 0. The summed E-state index contributed by atoms with van der Waals surface area (Å²) in [6.07, 6.45) is 10.6. The summed E-state index contributed by atoms with van der Waals surface area (Å²) >= 11 is 0. The Hall–Kier alpha value is -1.82. The lowest BCUT2D eigenvalue weighted by molar-refractivity contribution is -0.338. The minimum Gasteiger partial charge on any atom is -0.481 e. The van der Waals surface area contributed by atoms with E-state index in [-0.39, 0.29) is 45.0 Å². The van der Waals surface area contributed by atoms with Gasteiger partial charge >= 0.3 is 11.9 Å². The van der Waals surface area contributed by atoms with Gasteiger partial charge in [0, 0.05) is 18.4 Å². The molecule has 18 atom stereocenters. The number of aliphatic hydroxyl groups is 3. The summed E-state index contributed by atoms with van der Waals surface area (Å²) < 4.78 is 18.2. The molecule has 1 saturated heterocycles. The largest absolute Gasteiger partial charge is 0.481 e. The molecular weight excluding hydrogens is 688 g/mol. The Morgan fingerprint density at radius 1 is 0.926 bits per heavy atom. The van der Waals surface area contributed by atoms with E-state index >= 15 is 0 Å². The molecule has 5 N–H and O–H groups in total. The van der Waals surface area contributed by atoms with Gasteiger partial charge in [-0.3, -0.25) is 4.79 Å². The molecule has 0 aromatic carbocycles. The number of fused-ring (bicyclic) bond motifs is 1. The molecule has 300 valence electrons. The first-order chi connectivity index (χ1) is 25.4. The van der Waals surface area contributed by atoms with Gasteiger partial charge < -0.3 is 39.7 Å². The molecule has 6 saturated carbocycles. The van der Waals surface area contributed by atoms with Gasteiger partial charge in [0.25, 0.3) is 0 Å². The zero-order valence-corrected chi connectivity index (χ0v) is 33.1. The number of carboxylic acid groups (broad SMARTS) is 2. The fourth-order valence-corrected chi connectivity index (χ4v) is 17.2. The van der Waals surface area contributed by atoms with Crippen LogP contribution in [0.3, 0.4) is 0 Å². The molecule has 9 aliphatic rings. The maximum Gasteiger partial charge on any atom is 0.335 e. The molecule has 0 aromatic heterocycles. The third-order valence-corrected chi connectivity index (χ3v) is 19.1. The molecule has 10 heteroatoms. The monoisotopic (exact) mass is 752 g/mol. The molecule has 0 amide bonds. The minimum atomic E-state index is -1.76. The number of allylic oxidation sites excluding steroid dienone is 4. The van der Waals surface area contributed by atoms with E-state index < -0.39 is 53.5 Å². The normalized spacial score (nSPS) is 56.4. The van der Waals surface area contributed by atoms with Crippen LogP contribution >= 0.6 is 0 Å². The lowest BCUT2D eigenvalue weighted by atomic mass is 9.24. The van der Waals surface area contributed by atoms with Crippen LogP contribution in [0.15, 0.2) is 23.8 Å². The average Bonchev–Trinajstić information content (AvgIpc) is 3.09. The second-order valence-corrected chi connectivity index (χ2v) is 21.2. The highest BCUT2D eigenvalue weighted by Gasteiger charge is 2.80. The Morgan fingerprint density at radius 2 is 1.69 bits per heavy atom. The summed E-state index contributed by atoms with van der Waals surface area (Å²) in [5.74, 6) is -0.257. The Balaban J connectivity index is 1.15. The number of hydrogen-bond donors (Lipinski definition) is 5. The van der Waals surface area contributed by atoms with Crippen molar-refractivity contribution < 1.29 is 49.3 Å². The van der Waals surface area contributed by atoms with Crippen LogP contribution in [0.5, 0.6) is 0 Å². The molecule has 7 fully saturated rings. The van der Waals surface area contributed by atoms with Crippen molar-refractivity contribution >= 4 is 11.9 Å². The van der Waals surface area contributed by atoms with Crippen LogP contribution in [0.1, 0.15) is 112 Å². The highest BCUT2D eigenvalue weighted by Crippen LogP contribution is 2.85. The maximum atomic E-state index is 14.0. The summed E-state index contributed by atoms with van der Waals surface area (Å²) in [5.41, 5.74) is -0.375. The predicted octanol–water partition coefficient (Wildman–Crippen LogP) is 5.97. The molecule has 2 spiro atoms. The molecule has 18 unspecified atom stereocenters. The smallest absolute Gasteiger partial charge is 0.335 e. The number of rotatable bonds is 6. The van der Waals surface area contributed by atoms with Crippen LogP contribution in [0.2, 0.25) is 0 Å². The molecule has 0 radical (unpaired) electrons. The molecule has 2 bridgehead atoms. The topological polar surface area (TPSA) is 163 Å². The third kappa shape index (κ3) is 4.34. The van der Waals surface area contributed by atoms with Gasteiger partial charge in [-0.2, -0.15) is 0 Å². The van der Waals surface area contributed by atoms with Crippen molar-refractivity contribution in [2.45, 2.75) is 148 Å². The third-order valence-electron chi connectivity index (χ3n) is 19.1. The lowest BCUT2D eigenvalue weighted by Gasteiger charge is -2.80. The van der Waals surface area contributed by atoms with E-state index in [2.05, 4.69) is 52.8 Å². The number of hydrogen-bond acceptors (Lipinski definition) is 8. The first-order valence-electron chi connectivity index (χ1n) is 21.1. The number of methoxy groups -OCH3 is 1. The number of aliphatic carboxylic acids is 2. The average molecular weight is 753 g/mol. The first-order valence-corrected chi connectivity index (χ1v) is 21.1. The van der Waals surface area contributed by atoms with Gasteiger partial charge in [-0.05, 0) is 127 Å². The van der Waals surface area contributed by atoms with E-state index in [1.165, 1.54) is 5.57 Å². The molecular formula is C44H64O10. The van der Waals surface area contributed by atoms with Crippen LogP contribution in [0.4, 0.5) is 0 Å².